The second-order valence-corrected chi connectivity index (χ2v) is 7.73. The molecule has 1 fully saturated rings. The van der Waals surface area contributed by atoms with Crippen LogP contribution in [0.25, 0.3) is 5.69 Å². The first kappa shape index (κ1) is 19.2. The van der Waals surface area contributed by atoms with Crippen LogP contribution in [0.15, 0.2) is 54.6 Å². The standard InChI is InChI=1S/C24H27N3O2/c1-16-22(17(2)27(26-16)20-7-5-4-6-8-20)15-23(28)25-24(18-9-10-18)19-11-13-21(29-3)14-12-19/h4-8,11-14,18,24H,9-10,15H2,1-3H3,(H,25,28). The molecule has 2 aromatic carbocycles. The Morgan fingerprint density at radius 1 is 1.14 bits per heavy atom. The molecule has 1 N–H and O–H groups in total. The van der Waals surface area contributed by atoms with Gasteiger partial charge in [-0.15, -0.1) is 0 Å². The third-order valence-corrected chi connectivity index (χ3v) is 5.66. The lowest BCUT2D eigenvalue weighted by Gasteiger charge is -2.19. The number of hydrogen-bond acceptors (Lipinski definition) is 3. The van der Waals surface area contributed by atoms with Crippen LogP contribution in [-0.2, 0) is 11.2 Å². The quantitative estimate of drug-likeness (QED) is 0.655. The third-order valence-electron chi connectivity index (χ3n) is 5.66. The van der Waals surface area contributed by atoms with Crippen LogP contribution in [0.4, 0.5) is 0 Å². The number of amides is 1. The smallest absolute Gasteiger partial charge is 0.225 e. The van der Waals surface area contributed by atoms with Crippen LogP contribution in [0.5, 0.6) is 5.75 Å². The second-order valence-electron chi connectivity index (χ2n) is 7.73. The number of carbonyl (C=O) groups excluding carboxylic acids is 1. The Bertz CT molecular complexity index is 989. The van der Waals surface area contributed by atoms with E-state index < -0.39 is 0 Å². The molecule has 1 heterocycles. The van der Waals surface area contributed by atoms with Crippen molar-refractivity contribution in [2.24, 2.45) is 5.92 Å². The van der Waals surface area contributed by atoms with Gasteiger partial charge < -0.3 is 10.1 Å². The molecule has 1 atom stereocenters. The fourth-order valence-electron chi connectivity index (χ4n) is 3.85. The number of para-hydroxylation sites is 1. The number of benzene rings is 2. The van der Waals surface area contributed by atoms with E-state index in [0.717, 1.165) is 46.8 Å². The van der Waals surface area contributed by atoms with Crippen molar-refractivity contribution in [2.45, 2.75) is 39.2 Å². The molecule has 1 unspecified atom stereocenters. The monoisotopic (exact) mass is 389 g/mol. The SMILES string of the molecule is COc1ccc(C(NC(=O)Cc2c(C)nn(-c3ccccc3)c2C)C2CC2)cc1. The number of methoxy groups -OCH3 is 1. The summed E-state index contributed by atoms with van der Waals surface area (Å²) < 4.78 is 7.17. The maximum Gasteiger partial charge on any atom is 0.225 e. The van der Waals surface area contributed by atoms with E-state index in [1.807, 2.05) is 73.1 Å². The molecule has 150 valence electrons. The van der Waals surface area contributed by atoms with E-state index in [0.29, 0.717) is 12.3 Å². The molecular weight excluding hydrogens is 362 g/mol. The molecule has 5 nitrogen and oxygen atoms in total. The molecule has 1 amide bonds. The van der Waals surface area contributed by atoms with Crippen LogP contribution in [-0.4, -0.2) is 22.8 Å². The Labute approximate surface area is 171 Å². The number of ether oxygens (including phenoxy) is 1. The summed E-state index contributed by atoms with van der Waals surface area (Å²) >= 11 is 0. The summed E-state index contributed by atoms with van der Waals surface area (Å²) in [5.74, 6) is 1.38. The zero-order valence-corrected chi connectivity index (χ0v) is 17.2. The molecule has 0 aliphatic heterocycles. The highest BCUT2D eigenvalue weighted by Gasteiger charge is 2.33. The topological polar surface area (TPSA) is 56.1 Å². The van der Waals surface area contributed by atoms with Crippen molar-refractivity contribution >= 4 is 5.91 Å². The highest BCUT2D eigenvalue weighted by molar-refractivity contribution is 5.79. The minimum Gasteiger partial charge on any atom is -0.497 e. The van der Waals surface area contributed by atoms with E-state index in [1.165, 1.54) is 0 Å². The maximum atomic E-state index is 12.9. The van der Waals surface area contributed by atoms with E-state index in [2.05, 4.69) is 10.4 Å². The second kappa shape index (κ2) is 8.11. The van der Waals surface area contributed by atoms with Crippen LogP contribution >= 0.6 is 0 Å². The van der Waals surface area contributed by atoms with Crippen molar-refractivity contribution < 1.29 is 9.53 Å². The lowest BCUT2D eigenvalue weighted by Crippen LogP contribution is -2.31. The molecule has 1 aliphatic carbocycles. The molecular formula is C24H27N3O2. The van der Waals surface area contributed by atoms with Crippen molar-refractivity contribution in [1.82, 2.24) is 15.1 Å². The zero-order chi connectivity index (χ0) is 20.4. The average molecular weight is 389 g/mol. The van der Waals surface area contributed by atoms with Gasteiger partial charge in [0.25, 0.3) is 0 Å². The number of nitrogens with one attached hydrogen (secondary N) is 1. The van der Waals surface area contributed by atoms with E-state index in [-0.39, 0.29) is 11.9 Å². The van der Waals surface area contributed by atoms with Gasteiger partial charge in [0.15, 0.2) is 0 Å². The molecule has 4 rings (SSSR count). The summed E-state index contributed by atoms with van der Waals surface area (Å²) in [6.07, 6.45) is 2.64. The van der Waals surface area contributed by atoms with Gasteiger partial charge in [-0.1, -0.05) is 30.3 Å². The third kappa shape index (κ3) is 4.19. The van der Waals surface area contributed by atoms with E-state index in [9.17, 15) is 4.79 Å². The predicted octanol–water partition coefficient (Wildman–Crippen LogP) is 4.31. The van der Waals surface area contributed by atoms with Crippen LogP contribution in [0.3, 0.4) is 0 Å². The summed E-state index contributed by atoms with van der Waals surface area (Å²) in [5.41, 5.74) is 5.05. The molecule has 5 heteroatoms. The normalized spacial score (nSPS) is 14.4. The van der Waals surface area contributed by atoms with E-state index >= 15 is 0 Å². The lowest BCUT2D eigenvalue weighted by atomic mass is 10.0. The van der Waals surface area contributed by atoms with Gasteiger partial charge in [0.2, 0.25) is 5.91 Å². The Hall–Kier alpha value is -3.08. The largest absolute Gasteiger partial charge is 0.497 e. The number of hydrogen-bond donors (Lipinski definition) is 1. The van der Waals surface area contributed by atoms with Gasteiger partial charge >= 0.3 is 0 Å². The van der Waals surface area contributed by atoms with Crippen LogP contribution in [0, 0.1) is 19.8 Å². The fourth-order valence-corrected chi connectivity index (χ4v) is 3.85. The summed E-state index contributed by atoms with van der Waals surface area (Å²) in [7, 11) is 1.66. The summed E-state index contributed by atoms with van der Waals surface area (Å²) in [6.45, 7) is 3.99. The highest BCUT2D eigenvalue weighted by Crippen LogP contribution is 2.41. The molecule has 0 spiro atoms. The van der Waals surface area contributed by atoms with Crippen molar-refractivity contribution in [1.29, 1.82) is 0 Å². The summed E-state index contributed by atoms with van der Waals surface area (Å²) in [4.78, 5) is 12.9. The maximum absolute atomic E-state index is 12.9. The number of aryl methyl sites for hydroxylation is 1. The zero-order valence-electron chi connectivity index (χ0n) is 17.2. The number of aromatic nitrogens is 2. The fraction of sp³-hybridized carbons (Fsp3) is 0.333. The number of rotatable bonds is 7. The first-order valence-corrected chi connectivity index (χ1v) is 10.1. The Morgan fingerprint density at radius 3 is 2.45 bits per heavy atom. The summed E-state index contributed by atoms with van der Waals surface area (Å²) in [6, 6.07) is 18.1. The predicted molar refractivity (Wildman–Crippen MR) is 113 cm³/mol. The van der Waals surface area contributed by atoms with Gasteiger partial charge in [-0.3, -0.25) is 4.79 Å². The number of nitrogens with zero attached hydrogens (tertiary/aromatic N) is 2. The average Bonchev–Trinajstić information content (AvgIpc) is 3.55. The molecule has 0 bridgehead atoms. The molecule has 0 saturated heterocycles. The molecule has 1 aliphatic rings. The number of carbonyl (C=O) groups is 1. The minimum atomic E-state index is 0.0385. The van der Waals surface area contributed by atoms with Crippen LogP contribution < -0.4 is 10.1 Å². The molecule has 1 saturated carbocycles. The first-order chi connectivity index (χ1) is 14.1. The van der Waals surface area contributed by atoms with E-state index in [4.69, 9.17) is 4.74 Å². The van der Waals surface area contributed by atoms with Crippen molar-refractivity contribution in [3.63, 3.8) is 0 Å². The van der Waals surface area contributed by atoms with Crippen LogP contribution in [0.1, 0.15) is 41.4 Å². The molecule has 29 heavy (non-hydrogen) atoms. The van der Waals surface area contributed by atoms with Gasteiger partial charge in [-0.25, -0.2) is 4.68 Å². The highest BCUT2D eigenvalue weighted by atomic mass is 16.5. The Morgan fingerprint density at radius 2 is 1.83 bits per heavy atom. The Balaban J connectivity index is 1.51. The van der Waals surface area contributed by atoms with Gasteiger partial charge in [0.05, 0.1) is 31.0 Å². The first-order valence-electron chi connectivity index (χ1n) is 10.1. The molecule has 0 radical (unpaired) electrons. The van der Waals surface area contributed by atoms with Gasteiger partial charge in [-0.05, 0) is 62.4 Å². The lowest BCUT2D eigenvalue weighted by molar-refractivity contribution is -0.121. The summed E-state index contributed by atoms with van der Waals surface area (Å²) in [5, 5.41) is 7.93. The van der Waals surface area contributed by atoms with Gasteiger partial charge in [0.1, 0.15) is 5.75 Å². The van der Waals surface area contributed by atoms with E-state index in [1.54, 1.807) is 7.11 Å². The Kier molecular flexibility index (Phi) is 5.38. The van der Waals surface area contributed by atoms with Crippen molar-refractivity contribution in [3.8, 4) is 11.4 Å². The van der Waals surface area contributed by atoms with Gasteiger partial charge in [0, 0.05) is 11.3 Å². The van der Waals surface area contributed by atoms with Crippen molar-refractivity contribution in [3.05, 3.63) is 77.1 Å². The minimum absolute atomic E-state index is 0.0385. The molecule has 3 aromatic rings. The molecule has 1 aromatic heterocycles. The van der Waals surface area contributed by atoms with Gasteiger partial charge in [-0.2, -0.15) is 5.10 Å². The van der Waals surface area contributed by atoms with Crippen molar-refractivity contribution in [2.75, 3.05) is 7.11 Å². The van der Waals surface area contributed by atoms with Crippen LogP contribution in [0.2, 0.25) is 0 Å².